The van der Waals surface area contributed by atoms with Crippen LogP contribution in [0.2, 0.25) is 0 Å². The summed E-state index contributed by atoms with van der Waals surface area (Å²) >= 11 is 3.96. The minimum absolute atomic E-state index is 0.213. The van der Waals surface area contributed by atoms with E-state index in [9.17, 15) is 4.79 Å². The van der Waals surface area contributed by atoms with Gasteiger partial charge in [-0.2, -0.15) is 12.6 Å². The van der Waals surface area contributed by atoms with Gasteiger partial charge in [0, 0.05) is 25.6 Å². The Hall–Kier alpha value is -0.0831. The third-order valence-corrected chi connectivity index (χ3v) is 4.15. The molecule has 0 atom stereocenters. The van der Waals surface area contributed by atoms with E-state index in [0.717, 1.165) is 0 Å². The summed E-state index contributed by atoms with van der Waals surface area (Å²) in [6.07, 6.45) is 0.213. The monoisotopic (exact) mass is 268 g/mol. The molecule has 0 saturated carbocycles. The van der Waals surface area contributed by atoms with Crippen LogP contribution < -0.4 is 0 Å². The third-order valence-electron chi connectivity index (χ3n) is 1.52. The van der Waals surface area contributed by atoms with E-state index in [1.165, 1.54) is 0 Å². The standard InChI is InChI=1S/C9H20O5SSi/c1-4-11-16(12-5-2,13-6-3)14-9(10)7-8-15/h15H,4-8H2,1-3H3. The Bertz CT molecular complexity index is 185. The quantitative estimate of drug-likeness (QED) is 0.506. The van der Waals surface area contributed by atoms with E-state index < -0.39 is 15.0 Å². The molecule has 0 bridgehead atoms. The number of carbonyl (C=O) groups is 1. The molecule has 96 valence electrons. The average Bonchev–Trinajstić information content (AvgIpc) is 2.18. The van der Waals surface area contributed by atoms with Gasteiger partial charge in [-0.25, -0.2) is 0 Å². The van der Waals surface area contributed by atoms with Gasteiger partial charge in [-0.3, -0.25) is 4.79 Å². The summed E-state index contributed by atoms with van der Waals surface area (Å²) in [7, 11) is -3.28. The molecule has 0 aromatic heterocycles. The number of hydrogen-bond acceptors (Lipinski definition) is 6. The van der Waals surface area contributed by atoms with Crippen LogP contribution in [-0.4, -0.2) is 40.6 Å². The molecule has 0 rings (SSSR count). The summed E-state index contributed by atoms with van der Waals surface area (Å²) in [5.74, 6) is 0.0188. The Balaban J connectivity index is 4.51. The molecule has 0 aliphatic heterocycles. The summed E-state index contributed by atoms with van der Waals surface area (Å²) in [4.78, 5) is 11.4. The van der Waals surface area contributed by atoms with Crippen molar-refractivity contribution in [2.24, 2.45) is 0 Å². The second kappa shape index (κ2) is 9.00. The van der Waals surface area contributed by atoms with Gasteiger partial charge in [0.15, 0.2) is 0 Å². The highest BCUT2D eigenvalue weighted by atomic mass is 32.1. The second-order valence-corrected chi connectivity index (χ2v) is 5.26. The fraction of sp³-hybridized carbons (Fsp3) is 0.889. The van der Waals surface area contributed by atoms with Gasteiger partial charge in [0.2, 0.25) is 0 Å². The van der Waals surface area contributed by atoms with Crippen LogP contribution in [0.4, 0.5) is 0 Å². The maximum atomic E-state index is 11.4. The SMILES string of the molecule is CCO[Si](OCC)(OCC)OC(=O)CCS. The first kappa shape index (κ1) is 15.9. The predicted molar refractivity (Wildman–Crippen MR) is 65.2 cm³/mol. The molecule has 5 nitrogen and oxygen atoms in total. The zero-order valence-electron chi connectivity index (χ0n) is 10.0. The molecule has 0 unspecified atom stereocenters. The summed E-state index contributed by atoms with van der Waals surface area (Å²) in [5, 5.41) is 0. The van der Waals surface area contributed by atoms with Crippen molar-refractivity contribution in [2.45, 2.75) is 27.2 Å². The lowest BCUT2D eigenvalue weighted by Gasteiger charge is -2.25. The Morgan fingerprint density at radius 3 is 1.81 bits per heavy atom. The molecule has 0 aliphatic rings. The van der Waals surface area contributed by atoms with Gasteiger partial charge in [-0.05, 0) is 20.8 Å². The van der Waals surface area contributed by atoms with Crippen LogP contribution in [0.5, 0.6) is 0 Å². The molecule has 0 aliphatic carbocycles. The van der Waals surface area contributed by atoms with E-state index in [1.807, 2.05) is 0 Å². The van der Waals surface area contributed by atoms with E-state index in [0.29, 0.717) is 25.6 Å². The Labute approximate surface area is 103 Å². The third kappa shape index (κ3) is 5.85. The van der Waals surface area contributed by atoms with Crippen molar-refractivity contribution in [1.82, 2.24) is 0 Å². The molecule has 0 aromatic rings. The van der Waals surface area contributed by atoms with Crippen LogP contribution in [0.25, 0.3) is 0 Å². The van der Waals surface area contributed by atoms with Gasteiger partial charge in [0.1, 0.15) is 0 Å². The van der Waals surface area contributed by atoms with Crippen LogP contribution in [-0.2, 0) is 22.5 Å². The lowest BCUT2D eigenvalue weighted by atomic mass is 10.5. The summed E-state index contributed by atoms with van der Waals surface area (Å²) in [5.41, 5.74) is 0. The number of thiol groups is 1. The molecule has 16 heavy (non-hydrogen) atoms. The molecular weight excluding hydrogens is 248 g/mol. The van der Waals surface area contributed by atoms with Gasteiger partial charge in [0.05, 0.1) is 6.42 Å². The Kier molecular flexibility index (Phi) is 8.95. The first-order valence-electron chi connectivity index (χ1n) is 5.38. The van der Waals surface area contributed by atoms with E-state index in [1.54, 1.807) is 20.8 Å². The van der Waals surface area contributed by atoms with Crippen molar-refractivity contribution in [3.63, 3.8) is 0 Å². The maximum absolute atomic E-state index is 11.4. The fourth-order valence-electron chi connectivity index (χ4n) is 1.03. The number of rotatable bonds is 9. The normalized spacial score (nSPS) is 11.5. The van der Waals surface area contributed by atoms with Crippen molar-refractivity contribution in [3.05, 3.63) is 0 Å². The van der Waals surface area contributed by atoms with Gasteiger partial charge in [0.25, 0.3) is 5.97 Å². The largest absolute Gasteiger partial charge is 0.751 e. The first-order valence-corrected chi connectivity index (χ1v) is 7.65. The van der Waals surface area contributed by atoms with Crippen molar-refractivity contribution >= 4 is 27.6 Å². The molecule has 0 spiro atoms. The Morgan fingerprint density at radius 2 is 1.50 bits per heavy atom. The van der Waals surface area contributed by atoms with Crippen molar-refractivity contribution in [2.75, 3.05) is 25.6 Å². The summed E-state index contributed by atoms with van der Waals surface area (Å²) in [6, 6.07) is 0. The van der Waals surface area contributed by atoms with Gasteiger partial charge < -0.3 is 17.7 Å². The van der Waals surface area contributed by atoms with Crippen LogP contribution in [0.3, 0.4) is 0 Å². The molecule has 0 heterocycles. The first-order chi connectivity index (χ1) is 7.64. The van der Waals surface area contributed by atoms with Crippen molar-refractivity contribution in [3.8, 4) is 0 Å². The highest BCUT2D eigenvalue weighted by molar-refractivity contribution is 7.80. The molecule has 0 N–H and O–H groups in total. The maximum Gasteiger partial charge on any atom is 0.751 e. The van der Waals surface area contributed by atoms with Crippen LogP contribution in [0.15, 0.2) is 0 Å². The fourth-order valence-corrected chi connectivity index (χ4v) is 3.08. The van der Waals surface area contributed by atoms with Crippen LogP contribution >= 0.6 is 12.6 Å². The van der Waals surface area contributed by atoms with E-state index in [4.69, 9.17) is 17.7 Å². The molecular formula is C9H20O5SSi. The van der Waals surface area contributed by atoms with Crippen LogP contribution in [0.1, 0.15) is 27.2 Å². The smallest absolute Gasteiger partial charge is 0.452 e. The molecule has 0 amide bonds. The molecule has 0 aromatic carbocycles. The Morgan fingerprint density at radius 1 is 1.06 bits per heavy atom. The van der Waals surface area contributed by atoms with Gasteiger partial charge in [-0.15, -0.1) is 0 Å². The van der Waals surface area contributed by atoms with Gasteiger partial charge in [-0.1, -0.05) is 0 Å². The van der Waals surface area contributed by atoms with Crippen LogP contribution in [0, 0.1) is 0 Å². The lowest BCUT2D eigenvalue weighted by Crippen LogP contribution is -2.50. The van der Waals surface area contributed by atoms with Crippen molar-refractivity contribution < 1.29 is 22.5 Å². The highest BCUT2D eigenvalue weighted by Crippen LogP contribution is 2.13. The summed E-state index contributed by atoms with van der Waals surface area (Å²) < 4.78 is 21.2. The average molecular weight is 268 g/mol. The zero-order chi connectivity index (χ0) is 12.4. The molecule has 0 fully saturated rings. The number of hydrogen-bond donors (Lipinski definition) is 1. The minimum atomic E-state index is -3.28. The van der Waals surface area contributed by atoms with E-state index in [2.05, 4.69) is 12.6 Å². The number of carbonyl (C=O) groups excluding carboxylic acids is 1. The highest BCUT2D eigenvalue weighted by Gasteiger charge is 2.49. The van der Waals surface area contributed by atoms with Crippen molar-refractivity contribution in [1.29, 1.82) is 0 Å². The zero-order valence-corrected chi connectivity index (χ0v) is 11.9. The van der Waals surface area contributed by atoms with Gasteiger partial charge >= 0.3 is 9.05 Å². The molecule has 0 radical (unpaired) electrons. The predicted octanol–water partition coefficient (Wildman–Crippen LogP) is 1.39. The topological polar surface area (TPSA) is 54.0 Å². The minimum Gasteiger partial charge on any atom is -0.452 e. The molecule has 0 saturated heterocycles. The second-order valence-electron chi connectivity index (χ2n) is 2.75. The lowest BCUT2D eigenvalue weighted by molar-refractivity contribution is -0.144. The van der Waals surface area contributed by atoms with E-state index >= 15 is 0 Å². The van der Waals surface area contributed by atoms with E-state index in [-0.39, 0.29) is 6.42 Å². The molecule has 7 heteroatoms. The summed E-state index contributed by atoms with van der Waals surface area (Å²) in [6.45, 7) is 6.52.